The summed E-state index contributed by atoms with van der Waals surface area (Å²) in [7, 11) is -1.99. The highest BCUT2D eigenvalue weighted by Gasteiger charge is 2.27. The zero-order valence-corrected chi connectivity index (χ0v) is 13.7. The minimum absolute atomic E-state index is 0.101. The number of carbonyl (C=O) groups excluding carboxylic acids is 1. The monoisotopic (exact) mass is 328 g/mol. The van der Waals surface area contributed by atoms with Crippen LogP contribution in [0.5, 0.6) is 0 Å². The molecule has 1 aliphatic carbocycles. The van der Waals surface area contributed by atoms with Crippen LogP contribution in [0.25, 0.3) is 0 Å². The SMILES string of the molecule is CNC(=O)[C@H](Cc1cnc[nH]1)NS(=O)(=O)CC1CCCCC1. The Kier molecular flexibility index (Phi) is 5.96. The predicted molar refractivity (Wildman–Crippen MR) is 83.6 cm³/mol. The van der Waals surface area contributed by atoms with Gasteiger partial charge in [-0.1, -0.05) is 19.3 Å². The Balaban J connectivity index is 1.99. The molecule has 0 spiro atoms. The Labute approximate surface area is 131 Å². The van der Waals surface area contributed by atoms with E-state index in [1.165, 1.54) is 19.8 Å². The second kappa shape index (κ2) is 7.73. The minimum atomic E-state index is -3.48. The summed E-state index contributed by atoms with van der Waals surface area (Å²) in [5.74, 6) is -0.0470. The first-order valence-electron chi connectivity index (χ1n) is 7.69. The molecule has 3 N–H and O–H groups in total. The van der Waals surface area contributed by atoms with Gasteiger partial charge in [0.25, 0.3) is 0 Å². The number of hydrogen-bond acceptors (Lipinski definition) is 4. The largest absolute Gasteiger partial charge is 0.358 e. The maximum Gasteiger partial charge on any atom is 0.238 e. The fourth-order valence-corrected chi connectivity index (χ4v) is 4.58. The third-order valence-corrected chi connectivity index (χ3v) is 5.60. The van der Waals surface area contributed by atoms with E-state index in [4.69, 9.17) is 0 Å². The quantitative estimate of drug-likeness (QED) is 0.680. The average molecular weight is 328 g/mol. The number of hydrogen-bond donors (Lipinski definition) is 3. The molecule has 1 saturated carbocycles. The van der Waals surface area contributed by atoms with Crippen LogP contribution in [0.3, 0.4) is 0 Å². The molecule has 2 rings (SSSR count). The summed E-state index contributed by atoms with van der Waals surface area (Å²) in [5, 5.41) is 2.50. The predicted octanol–water partition coefficient (Wildman–Crippen LogP) is 0.566. The number of nitrogens with zero attached hydrogens (tertiary/aromatic N) is 1. The van der Waals surface area contributed by atoms with Crippen molar-refractivity contribution in [2.45, 2.75) is 44.6 Å². The standard InChI is InChI=1S/C14H24N4O3S/c1-15-14(19)13(7-12-8-16-10-17-12)18-22(20,21)9-11-5-3-2-4-6-11/h8,10-11,13,18H,2-7,9H2,1H3,(H,15,19)(H,16,17)/t13-/m0/s1. The molecule has 0 bridgehead atoms. The summed E-state index contributed by atoms with van der Waals surface area (Å²) in [5.41, 5.74) is 0.717. The van der Waals surface area contributed by atoms with Gasteiger partial charge in [-0.05, 0) is 18.8 Å². The number of sulfonamides is 1. The number of aromatic nitrogens is 2. The van der Waals surface area contributed by atoms with Crippen molar-refractivity contribution >= 4 is 15.9 Å². The van der Waals surface area contributed by atoms with Gasteiger partial charge in [0.05, 0.1) is 12.1 Å². The Bertz CT molecular complexity index is 565. The first-order chi connectivity index (χ1) is 10.5. The Morgan fingerprint density at radius 3 is 2.73 bits per heavy atom. The van der Waals surface area contributed by atoms with Crippen molar-refractivity contribution in [1.82, 2.24) is 20.0 Å². The third kappa shape index (κ3) is 5.10. The van der Waals surface area contributed by atoms with Gasteiger partial charge in [0, 0.05) is 25.4 Å². The van der Waals surface area contributed by atoms with Crippen molar-refractivity contribution < 1.29 is 13.2 Å². The number of imidazole rings is 1. The molecule has 124 valence electrons. The fourth-order valence-electron chi connectivity index (χ4n) is 2.91. The summed E-state index contributed by atoms with van der Waals surface area (Å²) >= 11 is 0. The molecule has 0 aromatic carbocycles. The van der Waals surface area contributed by atoms with E-state index in [9.17, 15) is 13.2 Å². The zero-order valence-electron chi connectivity index (χ0n) is 12.8. The van der Waals surface area contributed by atoms with E-state index in [-0.39, 0.29) is 24.0 Å². The third-order valence-electron chi connectivity index (χ3n) is 4.04. The normalized spacial score (nSPS) is 18.0. The van der Waals surface area contributed by atoms with Gasteiger partial charge in [-0.15, -0.1) is 0 Å². The van der Waals surface area contributed by atoms with E-state index < -0.39 is 16.1 Å². The Morgan fingerprint density at radius 2 is 2.14 bits per heavy atom. The van der Waals surface area contributed by atoms with Crippen LogP contribution < -0.4 is 10.0 Å². The molecule has 8 heteroatoms. The molecular weight excluding hydrogens is 304 g/mol. The lowest BCUT2D eigenvalue weighted by Crippen LogP contribution is -2.48. The second-order valence-corrected chi connectivity index (χ2v) is 7.65. The highest BCUT2D eigenvalue weighted by atomic mass is 32.2. The molecule has 0 unspecified atom stereocenters. The molecule has 7 nitrogen and oxygen atoms in total. The van der Waals surface area contributed by atoms with Gasteiger partial charge in [-0.3, -0.25) is 4.79 Å². The molecule has 1 fully saturated rings. The Hall–Kier alpha value is -1.41. The molecule has 0 radical (unpaired) electrons. The molecule has 1 aromatic rings. The van der Waals surface area contributed by atoms with Crippen molar-refractivity contribution in [2.24, 2.45) is 5.92 Å². The van der Waals surface area contributed by atoms with Crippen LogP contribution in [0.15, 0.2) is 12.5 Å². The number of amides is 1. The van der Waals surface area contributed by atoms with E-state index in [1.807, 2.05) is 0 Å². The molecule has 1 heterocycles. The molecule has 1 atom stereocenters. The maximum atomic E-state index is 12.3. The lowest BCUT2D eigenvalue weighted by atomic mass is 9.91. The van der Waals surface area contributed by atoms with Gasteiger partial charge in [-0.25, -0.2) is 18.1 Å². The molecule has 0 saturated heterocycles. The number of nitrogens with one attached hydrogen (secondary N) is 3. The van der Waals surface area contributed by atoms with Crippen LogP contribution in [0.4, 0.5) is 0 Å². The van der Waals surface area contributed by atoms with Gasteiger partial charge in [0.15, 0.2) is 0 Å². The zero-order chi connectivity index (χ0) is 16.0. The van der Waals surface area contributed by atoms with Crippen LogP contribution >= 0.6 is 0 Å². The van der Waals surface area contributed by atoms with Gasteiger partial charge in [0.1, 0.15) is 6.04 Å². The van der Waals surface area contributed by atoms with E-state index in [0.29, 0.717) is 5.69 Å². The van der Waals surface area contributed by atoms with Gasteiger partial charge in [-0.2, -0.15) is 0 Å². The molecular formula is C14H24N4O3S. The molecule has 1 aromatic heterocycles. The van der Waals surface area contributed by atoms with Crippen molar-refractivity contribution in [3.63, 3.8) is 0 Å². The lowest BCUT2D eigenvalue weighted by molar-refractivity contribution is -0.122. The fraction of sp³-hybridized carbons (Fsp3) is 0.714. The van der Waals surface area contributed by atoms with Crippen LogP contribution in [-0.2, 0) is 21.2 Å². The summed E-state index contributed by atoms with van der Waals surface area (Å²) in [4.78, 5) is 18.7. The van der Waals surface area contributed by atoms with Crippen molar-refractivity contribution in [2.75, 3.05) is 12.8 Å². The summed E-state index contributed by atoms with van der Waals surface area (Å²) in [6, 6.07) is -0.820. The molecule has 1 amide bonds. The van der Waals surface area contributed by atoms with Crippen LogP contribution in [0, 0.1) is 5.92 Å². The summed E-state index contributed by atoms with van der Waals surface area (Å²) in [6.07, 6.45) is 8.62. The number of H-pyrrole nitrogens is 1. The Morgan fingerprint density at radius 1 is 1.41 bits per heavy atom. The van der Waals surface area contributed by atoms with Crippen LogP contribution in [0.2, 0.25) is 0 Å². The number of carbonyl (C=O) groups is 1. The van der Waals surface area contributed by atoms with E-state index in [1.54, 1.807) is 6.20 Å². The van der Waals surface area contributed by atoms with Crippen LogP contribution in [0.1, 0.15) is 37.8 Å². The average Bonchev–Trinajstić information content (AvgIpc) is 2.99. The first kappa shape index (κ1) is 17.0. The molecule has 22 heavy (non-hydrogen) atoms. The van der Waals surface area contributed by atoms with Gasteiger partial charge in [0.2, 0.25) is 15.9 Å². The van der Waals surface area contributed by atoms with E-state index in [0.717, 1.165) is 25.7 Å². The van der Waals surface area contributed by atoms with E-state index >= 15 is 0 Å². The summed E-state index contributed by atoms with van der Waals surface area (Å²) in [6.45, 7) is 0. The highest BCUT2D eigenvalue weighted by molar-refractivity contribution is 7.89. The topological polar surface area (TPSA) is 104 Å². The second-order valence-electron chi connectivity index (χ2n) is 5.85. The lowest BCUT2D eigenvalue weighted by Gasteiger charge is -2.23. The smallest absolute Gasteiger partial charge is 0.238 e. The molecule has 0 aliphatic heterocycles. The number of likely N-dealkylation sites (N-methyl/N-ethyl adjacent to an activating group) is 1. The van der Waals surface area contributed by atoms with Gasteiger partial charge < -0.3 is 10.3 Å². The van der Waals surface area contributed by atoms with Crippen LogP contribution in [-0.4, -0.2) is 43.1 Å². The van der Waals surface area contributed by atoms with Gasteiger partial charge >= 0.3 is 0 Å². The maximum absolute atomic E-state index is 12.3. The van der Waals surface area contributed by atoms with E-state index in [2.05, 4.69) is 20.0 Å². The van der Waals surface area contributed by atoms with Crippen molar-refractivity contribution in [1.29, 1.82) is 0 Å². The van der Waals surface area contributed by atoms with Crippen molar-refractivity contribution in [3.05, 3.63) is 18.2 Å². The molecule has 1 aliphatic rings. The number of aromatic amines is 1. The minimum Gasteiger partial charge on any atom is -0.358 e. The van der Waals surface area contributed by atoms with Crippen molar-refractivity contribution in [3.8, 4) is 0 Å². The first-order valence-corrected chi connectivity index (χ1v) is 9.34. The summed E-state index contributed by atoms with van der Waals surface area (Å²) < 4.78 is 27.2. The highest BCUT2D eigenvalue weighted by Crippen LogP contribution is 2.24. The number of rotatable bonds is 7.